The maximum Gasteiger partial charge on any atom is 0.123 e. The first-order chi connectivity index (χ1) is 9.76. The fraction of sp³-hybridized carbons (Fsp3) is 0.562. The third-order valence-corrected chi connectivity index (χ3v) is 3.98. The number of rotatable bonds is 6. The summed E-state index contributed by atoms with van der Waals surface area (Å²) >= 11 is 0. The summed E-state index contributed by atoms with van der Waals surface area (Å²) < 4.78 is 5.34. The predicted molar refractivity (Wildman–Crippen MR) is 79.6 cm³/mol. The van der Waals surface area contributed by atoms with Crippen LogP contribution in [-0.2, 0) is 6.54 Å². The highest BCUT2D eigenvalue weighted by Gasteiger charge is 2.20. The lowest BCUT2D eigenvalue weighted by Gasteiger charge is -2.14. The van der Waals surface area contributed by atoms with Gasteiger partial charge in [-0.05, 0) is 50.2 Å². The van der Waals surface area contributed by atoms with Crippen LogP contribution in [0.4, 0.5) is 0 Å². The normalized spacial score (nSPS) is 18.9. The molecule has 0 bridgehead atoms. The zero-order valence-electron chi connectivity index (χ0n) is 12.4. The molecule has 1 aromatic rings. The van der Waals surface area contributed by atoms with E-state index in [4.69, 9.17) is 10.00 Å². The van der Waals surface area contributed by atoms with Crippen molar-refractivity contribution in [2.24, 2.45) is 5.92 Å². The quantitative estimate of drug-likeness (QED) is 0.861. The van der Waals surface area contributed by atoms with E-state index in [1.54, 1.807) is 13.2 Å². The molecule has 2 rings (SSSR count). The zero-order chi connectivity index (χ0) is 14.4. The molecule has 1 saturated heterocycles. The van der Waals surface area contributed by atoms with Gasteiger partial charge >= 0.3 is 0 Å². The molecular weight excluding hydrogens is 250 g/mol. The molecule has 0 aliphatic carbocycles. The van der Waals surface area contributed by atoms with Crippen molar-refractivity contribution in [3.63, 3.8) is 0 Å². The Morgan fingerprint density at radius 3 is 3.00 bits per heavy atom. The van der Waals surface area contributed by atoms with Crippen molar-refractivity contribution in [3.8, 4) is 11.8 Å². The molecular formula is C16H23N3O. The molecule has 0 amide bonds. The van der Waals surface area contributed by atoms with Crippen molar-refractivity contribution in [2.75, 3.05) is 33.3 Å². The van der Waals surface area contributed by atoms with Crippen molar-refractivity contribution in [3.05, 3.63) is 29.3 Å². The van der Waals surface area contributed by atoms with E-state index in [0.29, 0.717) is 5.56 Å². The molecule has 0 spiro atoms. The largest absolute Gasteiger partial charge is 0.496 e. The smallest absolute Gasteiger partial charge is 0.123 e. The molecule has 0 radical (unpaired) electrons. The van der Waals surface area contributed by atoms with E-state index in [2.05, 4.69) is 23.2 Å². The fourth-order valence-electron chi connectivity index (χ4n) is 2.76. The van der Waals surface area contributed by atoms with Crippen molar-refractivity contribution in [1.29, 1.82) is 5.26 Å². The first-order valence-corrected chi connectivity index (χ1v) is 7.27. The van der Waals surface area contributed by atoms with Crippen LogP contribution in [0, 0.1) is 17.2 Å². The molecule has 1 N–H and O–H groups in total. The number of hydrogen-bond acceptors (Lipinski definition) is 4. The Bertz CT molecular complexity index is 481. The second-order valence-corrected chi connectivity index (χ2v) is 5.32. The van der Waals surface area contributed by atoms with Crippen LogP contribution in [0.1, 0.15) is 24.5 Å². The number of methoxy groups -OCH3 is 1. The van der Waals surface area contributed by atoms with Crippen LogP contribution in [0.25, 0.3) is 0 Å². The number of ether oxygens (including phenoxy) is 1. The molecule has 1 unspecified atom stereocenters. The molecule has 4 nitrogen and oxygen atoms in total. The van der Waals surface area contributed by atoms with Gasteiger partial charge in [-0.3, -0.25) is 0 Å². The molecule has 0 aromatic heterocycles. The second-order valence-electron chi connectivity index (χ2n) is 5.32. The van der Waals surface area contributed by atoms with Crippen molar-refractivity contribution in [2.45, 2.75) is 19.9 Å². The third-order valence-electron chi connectivity index (χ3n) is 3.98. The van der Waals surface area contributed by atoms with Crippen LogP contribution in [0.2, 0.25) is 0 Å². The van der Waals surface area contributed by atoms with Crippen LogP contribution >= 0.6 is 0 Å². The Hall–Kier alpha value is -1.57. The maximum absolute atomic E-state index is 8.96. The molecule has 1 aliphatic rings. The second kappa shape index (κ2) is 7.28. The lowest BCUT2D eigenvalue weighted by molar-refractivity contribution is 0.338. The van der Waals surface area contributed by atoms with Crippen molar-refractivity contribution >= 4 is 0 Å². The fourth-order valence-corrected chi connectivity index (χ4v) is 2.76. The van der Waals surface area contributed by atoms with Gasteiger partial charge in [0.2, 0.25) is 0 Å². The molecule has 1 heterocycles. The number of nitriles is 1. The SMILES string of the molecule is CCN1CCC(CNCc2cc(C#N)ccc2OC)C1. The van der Waals surface area contributed by atoms with E-state index in [1.165, 1.54) is 19.5 Å². The summed E-state index contributed by atoms with van der Waals surface area (Å²) in [7, 11) is 1.67. The van der Waals surface area contributed by atoms with Crippen LogP contribution in [-0.4, -0.2) is 38.2 Å². The van der Waals surface area contributed by atoms with Gasteiger partial charge in [-0.1, -0.05) is 6.92 Å². The minimum Gasteiger partial charge on any atom is -0.496 e. The average molecular weight is 273 g/mol. The number of likely N-dealkylation sites (tertiary alicyclic amines) is 1. The van der Waals surface area contributed by atoms with E-state index >= 15 is 0 Å². The van der Waals surface area contributed by atoms with E-state index in [9.17, 15) is 0 Å². The van der Waals surface area contributed by atoms with Crippen molar-refractivity contribution < 1.29 is 4.74 Å². The van der Waals surface area contributed by atoms with Gasteiger partial charge in [-0.25, -0.2) is 0 Å². The van der Waals surface area contributed by atoms with Crippen LogP contribution in [0.5, 0.6) is 5.75 Å². The molecule has 1 aromatic carbocycles. The number of hydrogen-bond donors (Lipinski definition) is 1. The Morgan fingerprint density at radius 1 is 1.50 bits per heavy atom. The summed E-state index contributed by atoms with van der Waals surface area (Å²) in [6, 6.07) is 7.73. The Balaban J connectivity index is 1.86. The van der Waals surface area contributed by atoms with Gasteiger partial charge in [0.1, 0.15) is 5.75 Å². The van der Waals surface area contributed by atoms with Gasteiger partial charge in [-0.15, -0.1) is 0 Å². The summed E-state index contributed by atoms with van der Waals surface area (Å²) in [5.41, 5.74) is 1.73. The van der Waals surface area contributed by atoms with Gasteiger partial charge in [0.25, 0.3) is 0 Å². The van der Waals surface area contributed by atoms with E-state index in [1.807, 2.05) is 12.1 Å². The molecule has 1 fully saturated rings. The summed E-state index contributed by atoms with van der Waals surface area (Å²) in [5, 5.41) is 12.5. The number of benzene rings is 1. The van der Waals surface area contributed by atoms with E-state index in [0.717, 1.165) is 36.9 Å². The predicted octanol–water partition coefficient (Wildman–Crippen LogP) is 2.00. The molecule has 1 aliphatic heterocycles. The first-order valence-electron chi connectivity index (χ1n) is 7.27. The Labute approximate surface area is 121 Å². The van der Waals surface area contributed by atoms with E-state index in [-0.39, 0.29) is 0 Å². The summed E-state index contributed by atoms with van der Waals surface area (Å²) in [5.74, 6) is 1.58. The zero-order valence-corrected chi connectivity index (χ0v) is 12.4. The lowest BCUT2D eigenvalue weighted by atomic mass is 10.1. The number of nitrogens with zero attached hydrogens (tertiary/aromatic N) is 2. The van der Waals surface area contributed by atoms with Gasteiger partial charge in [0.15, 0.2) is 0 Å². The van der Waals surface area contributed by atoms with Crippen LogP contribution in [0.15, 0.2) is 18.2 Å². The Morgan fingerprint density at radius 2 is 2.35 bits per heavy atom. The van der Waals surface area contributed by atoms with Crippen molar-refractivity contribution in [1.82, 2.24) is 10.2 Å². The third kappa shape index (κ3) is 3.72. The van der Waals surface area contributed by atoms with Crippen LogP contribution in [0.3, 0.4) is 0 Å². The average Bonchev–Trinajstić information content (AvgIpc) is 2.95. The van der Waals surface area contributed by atoms with Gasteiger partial charge < -0.3 is 15.0 Å². The minimum absolute atomic E-state index is 0.681. The summed E-state index contributed by atoms with van der Waals surface area (Å²) in [4.78, 5) is 2.49. The van der Waals surface area contributed by atoms with Crippen LogP contribution < -0.4 is 10.1 Å². The molecule has 0 saturated carbocycles. The molecule has 1 atom stereocenters. The van der Waals surface area contributed by atoms with Gasteiger partial charge in [-0.2, -0.15) is 5.26 Å². The molecule has 108 valence electrons. The highest BCUT2D eigenvalue weighted by molar-refractivity contribution is 5.41. The number of nitrogens with one attached hydrogen (secondary N) is 1. The highest BCUT2D eigenvalue weighted by Crippen LogP contribution is 2.20. The standard InChI is InChI=1S/C16H23N3O/c1-3-19-7-6-14(12-19)10-18-11-15-8-13(9-17)4-5-16(15)20-2/h4-5,8,14,18H,3,6-7,10-12H2,1-2H3. The van der Waals surface area contributed by atoms with E-state index < -0.39 is 0 Å². The van der Waals surface area contributed by atoms with Gasteiger partial charge in [0.05, 0.1) is 18.7 Å². The van der Waals surface area contributed by atoms with Gasteiger partial charge in [0, 0.05) is 18.7 Å². The Kier molecular flexibility index (Phi) is 5.40. The minimum atomic E-state index is 0.681. The summed E-state index contributed by atoms with van der Waals surface area (Å²) in [6.07, 6.45) is 1.27. The lowest BCUT2D eigenvalue weighted by Crippen LogP contribution is -2.26. The highest BCUT2D eigenvalue weighted by atomic mass is 16.5. The topological polar surface area (TPSA) is 48.3 Å². The molecule has 20 heavy (non-hydrogen) atoms. The monoisotopic (exact) mass is 273 g/mol. The first kappa shape index (κ1) is 14.8. The molecule has 4 heteroatoms. The maximum atomic E-state index is 8.96. The summed E-state index contributed by atoms with van der Waals surface area (Å²) in [6.45, 7) is 7.55.